The molecule has 0 saturated heterocycles. The Labute approximate surface area is 91.5 Å². The zero-order chi connectivity index (χ0) is 11.6. The average molecular weight is 215 g/mol. The predicted molar refractivity (Wildman–Crippen MR) is 57.2 cm³/mol. The van der Waals surface area contributed by atoms with Crippen LogP contribution in [0.1, 0.15) is 32.6 Å². The van der Waals surface area contributed by atoms with Crippen LogP contribution in [0.5, 0.6) is 0 Å². The van der Waals surface area contributed by atoms with Gasteiger partial charge in [0.05, 0.1) is 25.9 Å². The van der Waals surface area contributed by atoms with Gasteiger partial charge in [0, 0.05) is 18.4 Å². The third-order valence-electron chi connectivity index (χ3n) is 2.66. The van der Waals surface area contributed by atoms with E-state index in [9.17, 15) is 0 Å². The molecule has 0 radical (unpaired) electrons. The predicted octanol–water partition coefficient (Wildman–Crippen LogP) is 1.08. The highest BCUT2D eigenvalue weighted by Gasteiger charge is 2.26. The minimum Gasteiger partial charge on any atom is -0.396 e. The summed E-state index contributed by atoms with van der Waals surface area (Å²) >= 11 is 0. The molecule has 2 N–H and O–H groups in total. The standard InChI is InChI=1S/C11H21NO3/c1-2-11(8-13,9-14)10-15-7-5-3-4-6-12/h13-14H,2-5,7-10H2,1H3. The van der Waals surface area contributed by atoms with Crippen LogP contribution in [0.4, 0.5) is 0 Å². The summed E-state index contributed by atoms with van der Waals surface area (Å²) in [6.45, 7) is 2.77. The van der Waals surface area contributed by atoms with Gasteiger partial charge in [-0.15, -0.1) is 0 Å². The molecule has 0 bridgehead atoms. The summed E-state index contributed by atoms with van der Waals surface area (Å²) in [5.41, 5.74) is -0.505. The van der Waals surface area contributed by atoms with Crippen LogP contribution >= 0.6 is 0 Å². The van der Waals surface area contributed by atoms with Crippen LogP contribution in [-0.4, -0.2) is 36.6 Å². The third-order valence-corrected chi connectivity index (χ3v) is 2.66. The molecule has 0 aliphatic heterocycles. The Kier molecular flexibility index (Phi) is 8.30. The molecular weight excluding hydrogens is 194 g/mol. The normalized spacial score (nSPS) is 11.3. The summed E-state index contributed by atoms with van der Waals surface area (Å²) in [6.07, 6.45) is 2.94. The SMILES string of the molecule is CCC(CO)(CO)COCCCCC#N. The van der Waals surface area contributed by atoms with Crippen LogP contribution in [0.3, 0.4) is 0 Å². The summed E-state index contributed by atoms with van der Waals surface area (Å²) in [4.78, 5) is 0. The highest BCUT2D eigenvalue weighted by Crippen LogP contribution is 2.20. The van der Waals surface area contributed by atoms with Gasteiger partial charge in [-0.1, -0.05) is 6.92 Å². The Morgan fingerprint density at radius 1 is 1.27 bits per heavy atom. The van der Waals surface area contributed by atoms with E-state index in [1.807, 2.05) is 6.92 Å². The van der Waals surface area contributed by atoms with Gasteiger partial charge < -0.3 is 14.9 Å². The molecular formula is C11H21NO3. The van der Waals surface area contributed by atoms with Crippen molar-refractivity contribution in [2.75, 3.05) is 26.4 Å². The van der Waals surface area contributed by atoms with Crippen LogP contribution in [0, 0.1) is 16.7 Å². The van der Waals surface area contributed by atoms with Crippen molar-refractivity contribution >= 4 is 0 Å². The topological polar surface area (TPSA) is 73.5 Å². The number of unbranched alkanes of at least 4 members (excludes halogenated alkanes) is 2. The van der Waals surface area contributed by atoms with Gasteiger partial charge in [-0.2, -0.15) is 5.26 Å². The lowest BCUT2D eigenvalue weighted by Crippen LogP contribution is -2.34. The van der Waals surface area contributed by atoms with Crippen LogP contribution in [-0.2, 0) is 4.74 Å². The number of ether oxygens (including phenoxy) is 1. The Bertz CT molecular complexity index is 176. The second-order valence-electron chi connectivity index (χ2n) is 3.84. The monoisotopic (exact) mass is 215 g/mol. The van der Waals surface area contributed by atoms with Gasteiger partial charge in [-0.3, -0.25) is 0 Å². The van der Waals surface area contributed by atoms with Crippen molar-refractivity contribution in [3.63, 3.8) is 0 Å². The fourth-order valence-electron chi connectivity index (χ4n) is 1.16. The van der Waals surface area contributed by atoms with Crippen molar-refractivity contribution < 1.29 is 14.9 Å². The molecule has 0 rings (SSSR count). The van der Waals surface area contributed by atoms with E-state index in [4.69, 9.17) is 20.2 Å². The minimum atomic E-state index is -0.505. The lowest BCUT2D eigenvalue weighted by atomic mass is 9.88. The van der Waals surface area contributed by atoms with Gasteiger partial charge >= 0.3 is 0 Å². The van der Waals surface area contributed by atoms with Crippen LogP contribution < -0.4 is 0 Å². The lowest BCUT2D eigenvalue weighted by molar-refractivity contribution is -0.0305. The number of aliphatic hydroxyl groups excluding tert-OH is 2. The van der Waals surface area contributed by atoms with Crippen molar-refractivity contribution in [2.45, 2.75) is 32.6 Å². The summed E-state index contributed by atoms with van der Waals surface area (Å²) in [5.74, 6) is 0. The Morgan fingerprint density at radius 2 is 1.93 bits per heavy atom. The highest BCUT2D eigenvalue weighted by atomic mass is 16.5. The number of hydrogen-bond donors (Lipinski definition) is 2. The number of hydrogen-bond acceptors (Lipinski definition) is 4. The Balaban J connectivity index is 3.59. The summed E-state index contributed by atoms with van der Waals surface area (Å²) < 4.78 is 5.39. The van der Waals surface area contributed by atoms with E-state index < -0.39 is 5.41 Å². The van der Waals surface area contributed by atoms with Crippen molar-refractivity contribution in [3.05, 3.63) is 0 Å². The molecule has 4 nitrogen and oxygen atoms in total. The maximum Gasteiger partial charge on any atom is 0.0621 e. The van der Waals surface area contributed by atoms with E-state index in [0.29, 0.717) is 26.1 Å². The molecule has 0 atom stereocenters. The van der Waals surface area contributed by atoms with Crippen molar-refractivity contribution in [1.29, 1.82) is 5.26 Å². The van der Waals surface area contributed by atoms with E-state index in [1.54, 1.807) is 0 Å². The van der Waals surface area contributed by atoms with Gasteiger partial charge in [0.2, 0.25) is 0 Å². The second-order valence-corrected chi connectivity index (χ2v) is 3.84. The van der Waals surface area contributed by atoms with Gasteiger partial charge in [0.15, 0.2) is 0 Å². The molecule has 0 fully saturated rings. The van der Waals surface area contributed by atoms with Crippen molar-refractivity contribution in [1.82, 2.24) is 0 Å². The first-order valence-electron chi connectivity index (χ1n) is 5.41. The maximum atomic E-state index is 9.13. The quantitative estimate of drug-likeness (QED) is 0.564. The van der Waals surface area contributed by atoms with Crippen LogP contribution in [0.15, 0.2) is 0 Å². The first kappa shape index (κ1) is 14.4. The molecule has 0 aliphatic carbocycles. The summed E-state index contributed by atoms with van der Waals surface area (Å²) in [7, 11) is 0. The van der Waals surface area contributed by atoms with E-state index in [1.165, 1.54) is 0 Å². The molecule has 0 saturated carbocycles. The van der Waals surface area contributed by atoms with Crippen LogP contribution in [0.2, 0.25) is 0 Å². The first-order valence-corrected chi connectivity index (χ1v) is 5.41. The van der Waals surface area contributed by atoms with E-state index in [2.05, 4.69) is 6.07 Å². The fraction of sp³-hybridized carbons (Fsp3) is 0.909. The van der Waals surface area contributed by atoms with Gasteiger partial charge in [-0.25, -0.2) is 0 Å². The van der Waals surface area contributed by atoms with Gasteiger partial charge in [0.1, 0.15) is 0 Å². The zero-order valence-corrected chi connectivity index (χ0v) is 9.41. The average Bonchev–Trinajstić information content (AvgIpc) is 2.29. The lowest BCUT2D eigenvalue weighted by Gasteiger charge is -2.27. The minimum absolute atomic E-state index is 0.0573. The molecule has 0 heterocycles. The number of nitrogens with zero attached hydrogens (tertiary/aromatic N) is 1. The Hall–Kier alpha value is -0.630. The molecule has 0 aromatic rings. The zero-order valence-electron chi connectivity index (χ0n) is 9.41. The summed E-state index contributed by atoms with van der Waals surface area (Å²) in [6, 6.07) is 2.07. The van der Waals surface area contributed by atoms with E-state index >= 15 is 0 Å². The number of nitriles is 1. The third kappa shape index (κ3) is 5.73. The molecule has 0 amide bonds. The molecule has 0 aromatic carbocycles. The molecule has 0 unspecified atom stereocenters. The van der Waals surface area contributed by atoms with E-state index in [0.717, 1.165) is 12.8 Å². The fourth-order valence-corrected chi connectivity index (χ4v) is 1.16. The number of rotatable bonds is 9. The molecule has 0 aliphatic rings. The highest BCUT2D eigenvalue weighted by molar-refractivity contribution is 4.75. The molecule has 4 heteroatoms. The van der Waals surface area contributed by atoms with Gasteiger partial charge in [-0.05, 0) is 19.3 Å². The maximum absolute atomic E-state index is 9.13. The van der Waals surface area contributed by atoms with E-state index in [-0.39, 0.29) is 13.2 Å². The summed E-state index contributed by atoms with van der Waals surface area (Å²) in [5, 5.41) is 26.6. The number of aliphatic hydroxyl groups is 2. The van der Waals surface area contributed by atoms with Gasteiger partial charge in [0.25, 0.3) is 0 Å². The Morgan fingerprint density at radius 3 is 2.40 bits per heavy atom. The van der Waals surface area contributed by atoms with Crippen molar-refractivity contribution in [2.24, 2.45) is 5.41 Å². The second kappa shape index (κ2) is 8.66. The van der Waals surface area contributed by atoms with Crippen LogP contribution in [0.25, 0.3) is 0 Å². The van der Waals surface area contributed by atoms with Crippen molar-refractivity contribution in [3.8, 4) is 6.07 Å². The molecule has 15 heavy (non-hydrogen) atoms. The molecule has 0 spiro atoms. The molecule has 0 aromatic heterocycles. The largest absolute Gasteiger partial charge is 0.396 e. The first-order chi connectivity index (χ1) is 7.24. The smallest absolute Gasteiger partial charge is 0.0621 e. The molecule has 88 valence electrons.